The first-order valence-corrected chi connectivity index (χ1v) is 14.8. The molecule has 2 aliphatic rings. The lowest BCUT2D eigenvalue weighted by Gasteiger charge is -2.44. The minimum absolute atomic E-state index is 0.0362. The van der Waals surface area contributed by atoms with Crippen LogP contribution in [-0.4, -0.2) is 66.4 Å². The molecule has 1 aromatic carbocycles. The molecule has 35 heavy (non-hydrogen) atoms. The monoisotopic (exact) mass is 504 g/mol. The van der Waals surface area contributed by atoms with Gasteiger partial charge in [-0.3, -0.25) is 14.5 Å². The summed E-state index contributed by atoms with van der Waals surface area (Å²) < 4.78 is 12.0. The second-order valence-electron chi connectivity index (χ2n) is 11.6. The number of hydrogen-bond acceptors (Lipinski definition) is 7. The number of hydrogen-bond donors (Lipinski definition) is 0. The minimum Gasteiger partial charge on any atom is -0.444 e. The van der Waals surface area contributed by atoms with Gasteiger partial charge in [0, 0.05) is 19.1 Å². The Morgan fingerprint density at radius 3 is 2.00 bits per heavy atom. The Morgan fingerprint density at radius 2 is 1.51 bits per heavy atom. The molecule has 0 N–H and O–H groups in total. The standard InChI is InChI=1S/C25H36N2O7Si/c1-24(2,3)32-23(31)26-14-13-16(34-35(7,8)25(4,5)6)15-19(26)22(30)33-27-20(28)17-11-9-10-12-18(17)21(27)29/h9-12,16,19H,13-15H2,1-8H3. The van der Waals surface area contributed by atoms with Gasteiger partial charge in [-0.1, -0.05) is 38.0 Å². The summed E-state index contributed by atoms with van der Waals surface area (Å²) in [5.41, 5.74) is -0.433. The molecule has 2 aliphatic heterocycles. The van der Waals surface area contributed by atoms with Crippen molar-refractivity contribution < 1.29 is 33.2 Å². The molecule has 2 heterocycles. The van der Waals surface area contributed by atoms with Crippen molar-refractivity contribution in [3.8, 4) is 0 Å². The summed E-state index contributed by atoms with van der Waals surface area (Å²) in [5.74, 6) is -2.31. The number of fused-ring (bicyclic) bond motifs is 1. The number of nitrogens with zero attached hydrogens (tertiary/aromatic N) is 2. The van der Waals surface area contributed by atoms with Gasteiger partial charge in [-0.25, -0.2) is 9.59 Å². The molecule has 9 nitrogen and oxygen atoms in total. The molecule has 1 fully saturated rings. The maximum absolute atomic E-state index is 13.3. The molecule has 1 aromatic rings. The van der Waals surface area contributed by atoms with Crippen molar-refractivity contribution in [1.29, 1.82) is 0 Å². The third-order valence-corrected chi connectivity index (χ3v) is 11.2. The van der Waals surface area contributed by atoms with Gasteiger partial charge in [0.2, 0.25) is 0 Å². The summed E-state index contributed by atoms with van der Waals surface area (Å²) in [5, 5.41) is 0.435. The molecule has 0 aromatic heterocycles. The van der Waals surface area contributed by atoms with Gasteiger partial charge >= 0.3 is 12.1 Å². The fraction of sp³-hybridized carbons (Fsp3) is 0.600. The van der Waals surface area contributed by atoms with Crippen molar-refractivity contribution in [1.82, 2.24) is 9.96 Å². The molecular formula is C25H36N2O7Si. The Kier molecular flexibility index (Phi) is 7.20. The number of carbonyl (C=O) groups is 4. The smallest absolute Gasteiger partial charge is 0.411 e. The maximum Gasteiger partial charge on any atom is 0.411 e. The summed E-state index contributed by atoms with van der Waals surface area (Å²) >= 11 is 0. The highest BCUT2D eigenvalue weighted by Gasteiger charge is 2.46. The minimum atomic E-state index is -2.15. The van der Waals surface area contributed by atoms with Gasteiger partial charge in [0.25, 0.3) is 11.8 Å². The number of imide groups is 1. The predicted octanol–water partition coefficient (Wildman–Crippen LogP) is 4.53. The summed E-state index contributed by atoms with van der Waals surface area (Å²) in [6.45, 7) is 16.1. The first-order chi connectivity index (χ1) is 16.0. The molecule has 3 rings (SSSR count). The van der Waals surface area contributed by atoms with E-state index in [4.69, 9.17) is 14.0 Å². The average molecular weight is 505 g/mol. The highest BCUT2D eigenvalue weighted by Crippen LogP contribution is 2.39. The Bertz CT molecular complexity index is 990. The zero-order valence-electron chi connectivity index (χ0n) is 21.8. The second-order valence-corrected chi connectivity index (χ2v) is 16.3. The Balaban J connectivity index is 1.82. The number of hydroxylamine groups is 2. The molecule has 0 radical (unpaired) electrons. The second kappa shape index (κ2) is 9.38. The van der Waals surface area contributed by atoms with E-state index in [1.54, 1.807) is 32.9 Å². The summed E-state index contributed by atoms with van der Waals surface area (Å²) in [7, 11) is -2.15. The molecule has 0 saturated carbocycles. The highest BCUT2D eigenvalue weighted by molar-refractivity contribution is 6.74. The van der Waals surface area contributed by atoms with Crippen LogP contribution in [0.25, 0.3) is 0 Å². The topological polar surface area (TPSA) is 102 Å². The van der Waals surface area contributed by atoms with E-state index in [2.05, 4.69) is 33.9 Å². The number of rotatable bonds is 4. The van der Waals surface area contributed by atoms with Gasteiger partial charge < -0.3 is 14.0 Å². The van der Waals surface area contributed by atoms with Crippen LogP contribution in [0, 0.1) is 0 Å². The highest BCUT2D eigenvalue weighted by atomic mass is 28.4. The zero-order chi connectivity index (χ0) is 26.3. The fourth-order valence-electron chi connectivity index (χ4n) is 3.80. The molecule has 3 amide bonds. The van der Waals surface area contributed by atoms with Gasteiger partial charge in [0.05, 0.1) is 11.1 Å². The number of ether oxygens (including phenoxy) is 1. The van der Waals surface area contributed by atoms with Crippen LogP contribution in [0.2, 0.25) is 18.1 Å². The number of piperidine rings is 1. The van der Waals surface area contributed by atoms with E-state index in [-0.39, 0.29) is 35.2 Å². The van der Waals surface area contributed by atoms with Gasteiger partial charge in [-0.05, 0) is 57.5 Å². The number of carbonyl (C=O) groups excluding carboxylic acids is 4. The molecule has 2 unspecified atom stereocenters. The molecule has 0 bridgehead atoms. The lowest BCUT2D eigenvalue weighted by Crippen LogP contribution is -2.56. The van der Waals surface area contributed by atoms with Crippen molar-refractivity contribution in [3.63, 3.8) is 0 Å². The van der Waals surface area contributed by atoms with E-state index in [1.165, 1.54) is 17.0 Å². The Hall–Kier alpha value is -2.72. The first-order valence-electron chi connectivity index (χ1n) is 11.9. The summed E-state index contributed by atoms with van der Waals surface area (Å²) in [6, 6.07) is 5.19. The lowest BCUT2D eigenvalue weighted by atomic mass is 10.00. The van der Waals surface area contributed by atoms with Crippen molar-refractivity contribution >= 4 is 32.2 Å². The molecule has 10 heteroatoms. The predicted molar refractivity (Wildman–Crippen MR) is 131 cm³/mol. The Labute approximate surface area is 207 Å². The van der Waals surface area contributed by atoms with Gasteiger partial charge in [-0.15, -0.1) is 0 Å². The van der Waals surface area contributed by atoms with E-state index in [0.717, 1.165) is 0 Å². The first kappa shape index (κ1) is 26.9. The van der Waals surface area contributed by atoms with Crippen LogP contribution in [0.3, 0.4) is 0 Å². The van der Waals surface area contributed by atoms with Crippen LogP contribution in [0.4, 0.5) is 4.79 Å². The van der Waals surface area contributed by atoms with Gasteiger partial charge in [0.15, 0.2) is 8.32 Å². The average Bonchev–Trinajstić information content (AvgIpc) is 2.96. The van der Waals surface area contributed by atoms with Crippen LogP contribution < -0.4 is 0 Å². The molecule has 1 saturated heterocycles. The third kappa shape index (κ3) is 5.75. The molecule has 0 spiro atoms. The van der Waals surface area contributed by atoms with E-state index < -0.39 is 43.8 Å². The van der Waals surface area contributed by atoms with E-state index in [0.29, 0.717) is 11.5 Å². The molecule has 2 atom stereocenters. The molecular weight excluding hydrogens is 468 g/mol. The quantitative estimate of drug-likeness (QED) is 0.438. The summed E-state index contributed by atoms with van der Waals surface area (Å²) in [4.78, 5) is 58.3. The van der Waals surface area contributed by atoms with Gasteiger partial charge in [0.1, 0.15) is 11.6 Å². The molecule has 192 valence electrons. The van der Waals surface area contributed by atoms with Crippen molar-refractivity contribution in [2.24, 2.45) is 0 Å². The number of likely N-dealkylation sites (tertiary alicyclic amines) is 1. The lowest BCUT2D eigenvalue weighted by molar-refractivity contribution is -0.177. The van der Waals surface area contributed by atoms with E-state index in [1.807, 2.05) is 0 Å². The number of amides is 3. The van der Waals surface area contributed by atoms with Crippen molar-refractivity contribution in [2.45, 2.75) is 90.3 Å². The van der Waals surface area contributed by atoms with Crippen LogP contribution in [0.5, 0.6) is 0 Å². The zero-order valence-corrected chi connectivity index (χ0v) is 22.8. The fourth-order valence-corrected chi connectivity index (χ4v) is 5.20. The SMILES string of the molecule is CC(C)(C)OC(=O)N1CCC(O[Si](C)(C)C(C)(C)C)CC1C(=O)ON1C(=O)c2ccccc2C1=O. The number of benzene rings is 1. The van der Waals surface area contributed by atoms with Crippen LogP contribution in [-0.2, 0) is 18.8 Å². The largest absolute Gasteiger partial charge is 0.444 e. The van der Waals surface area contributed by atoms with Crippen molar-refractivity contribution in [3.05, 3.63) is 35.4 Å². The van der Waals surface area contributed by atoms with Gasteiger partial charge in [-0.2, -0.15) is 0 Å². The maximum atomic E-state index is 13.3. The van der Waals surface area contributed by atoms with Crippen LogP contribution >= 0.6 is 0 Å². The van der Waals surface area contributed by atoms with E-state index >= 15 is 0 Å². The molecule has 0 aliphatic carbocycles. The normalized spacial score (nSPS) is 21.1. The Morgan fingerprint density at radius 1 is 0.971 bits per heavy atom. The van der Waals surface area contributed by atoms with Crippen LogP contribution in [0.15, 0.2) is 24.3 Å². The summed E-state index contributed by atoms with van der Waals surface area (Å²) in [6.07, 6.45) is -0.238. The third-order valence-electron chi connectivity index (χ3n) is 6.66. The van der Waals surface area contributed by atoms with E-state index in [9.17, 15) is 19.2 Å². The van der Waals surface area contributed by atoms with Crippen LogP contribution in [0.1, 0.15) is 75.1 Å². The van der Waals surface area contributed by atoms with Crippen molar-refractivity contribution in [2.75, 3.05) is 6.54 Å².